The van der Waals surface area contributed by atoms with Crippen LogP contribution < -0.4 is 20.1 Å². The fourth-order valence-electron chi connectivity index (χ4n) is 5.65. The molecule has 0 unspecified atom stereocenters. The average molecular weight is 571 g/mol. The molecule has 8 nitrogen and oxygen atoms in total. The number of hydrogen-bond acceptors (Lipinski definition) is 6. The lowest BCUT2D eigenvalue weighted by Gasteiger charge is -2.35. The van der Waals surface area contributed by atoms with Gasteiger partial charge in [-0.25, -0.2) is 0 Å². The number of amides is 2. The molecule has 0 bridgehead atoms. The first-order chi connectivity index (χ1) is 20.4. The molecule has 2 N–H and O–H groups in total. The minimum atomic E-state index is -0.166. The molecule has 0 aromatic heterocycles. The standard InChI is InChI=1S/C34H42N4O4/c1-24(2)38-21-18-29(23-37(3)22-25-12-14-28(15-13-25)41-27-8-5-4-6-9-27)42-32-30(34(38)40)10-7-11-31(32)36-33(39)26-16-19-35-20-17-26/h4-15,24,26,29,35H,16-23H2,1-3H3,(H,36,39)/t29-/m0/s1. The quantitative estimate of drug-likeness (QED) is 0.351. The van der Waals surface area contributed by atoms with Gasteiger partial charge in [-0.15, -0.1) is 0 Å². The number of fused-ring (bicyclic) bond motifs is 1. The van der Waals surface area contributed by atoms with Gasteiger partial charge in [0, 0.05) is 38.0 Å². The summed E-state index contributed by atoms with van der Waals surface area (Å²) in [5, 5.41) is 6.41. The highest BCUT2D eigenvalue weighted by atomic mass is 16.5. The number of likely N-dealkylation sites (N-methyl/N-ethyl adjacent to an activating group) is 1. The molecule has 222 valence electrons. The molecule has 2 heterocycles. The summed E-state index contributed by atoms with van der Waals surface area (Å²) in [6, 6.07) is 23.4. The van der Waals surface area contributed by atoms with Gasteiger partial charge >= 0.3 is 0 Å². The molecule has 0 saturated carbocycles. The number of benzene rings is 3. The van der Waals surface area contributed by atoms with Crippen LogP contribution in [0.25, 0.3) is 0 Å². The number of ether oxygens (including phenoxy) is 2. The topological polar surface area (TPSA) is 83.1 Å². The molecular formula is C34H42N4O4. The van der Waals surface area contributed by atoms with E-state index in [1.54, 1.807) is 6.07 Å². The van der Waals surface area contributed by atoms with Crippen LogP contribution in [0.4, 0.5) is 5.69 Å². The SMILES string of the molecule is CC(C)N1CC[C@@H](CN(C)Cc2ccc(Oc3ccccc3)cc2)Oc2c(NC(=O)C3CCNCC3)cccc2C1=O. The van der Waals surface area contributed by atoms with Crippen LogP contribution in [-0.2, 0) is 11.3 Å². The lowest BCUT2D eigenvalue weighted by Crippen LogP contribution is -2.44. The van der Waals surface area contributed by atoms with Crippen molar-refractivity contribution < 1.29 is 19.1 Å². The largest absolute Gasteiger partial charge is 0.486 e. The molecule has 3 aromatic carbocycles. The Bertz CT molecular complexity index is 1340. The smallest absolute Gasteiger partial charge is 0.257 e. The van der Waals surface area contributed by atoms with Gasteiger partial charge in [0.25, 0.3) is 5.91 Å². The van der Waals surface area contributed by atoms with Crippen molar-refractivity contribution >= 4 is 17.5 Å². The lowest BCUT2D eigenvalue weighted by atomic mass is 9.97. The molecule has 3 aromatic rings. The van der Waals surface area contributed by atoms with Crippen molar-refractivity contribution in [2.45, 2.75) is 51.8 Å². The second-order valence-corrected chi connectivity index (χ2v) is 11.6. The van der Waals surface area contributed by atoms with E-state index >= 15 is 0 Å². The van der Waals surface area contributed by atoms with Gasteiger partial charge in [0.2, 0.25) is 5.91 Å². The van der Waals surface area contributed by atoms with E-state index in [0.29, 0.717) is 36.5 Å². The molecule has 1 fully saturated rings. The van der Waals surface area contributed by atoms with E-state index in [9.17, 15) is 9.59 Å². The summed E-state index contributed by atoms with van der Waals surface area (Å²) in [4.78, 5) is 30.9. The van der Waals surface area contributed by atoms with E-state index < -0.39 is 0 Å². The van der Waals surface area contributed by atoms with Gasteiger partial charge in [-0.2, -0.15) is 0 Å². The van der Waals surface area contributed by atoms with E-state index in [2.05, 4.69) is 34.7 Å². The van der Waals surface area contributed by atoms with Crippen LogP contribution >= 0.6 is 0 Å². The number of piperidine rings is 1. The van der Waals surface area contributed by atoms with Gasteiger partial charge in [-0.1, -0.05) is 36.4 Å². The highest BCUT2D eigenvalue weighted by molar-refractivity contribution is 6.02. The van der Waals surface area contributed by atoms with Gasteiger partial charge < -0.3 is 25.0 Å². The monoisotopic (exact) mass is 570 g/mol. The van der Waals surface area contributed by atoms with Crippen molar-refractivity contribution in [3.8, 4) is 17.2 Å². The van der Waals surface area contributed by atoms with Crippen LogP contribution in [0.2, 0.25) is 0 Å². The Balaban J connectivity index is 1.30. The molecule has 2 aliphatic rings. The van der Waals surface area contributed by atoms with Crippen molar-refractivity contribution in [3.63, 3.8) is 0 Å². The zero-order chi connectivity index (χ0) is 29.5. The molecule has 0 radical (unpaired) electrons. The normalized spacial score (nSPS) is 17.8. The van der Waals surface area contributed by atoms with Crippen LogP contribution in [0.5, 0.6) is 17.2 Å². The van der Waals surface area contributed by atoms with Crippen molar-refractivity contribution in [3.05, 3.63) is 83.9 Å². The molecule has 2 aliphatic heterocycles. The van der Waals surface area contributed by atoms with E-state index in [0.717, 1.165) is 49.5 Å². The zero-order valence-corrected chi connectivity index (χ0v) is 24.8. The van der Waals surface area contributed by atoms with Crippen molar-refractivity contribution in [2.75, 3.05) is 38.5 Å². The number of nitrogens with zero attached hydrogens (tertiary/aromatic N) is 2. The van der Waals surface area contributed by atoms with Gasteiger partial charge in [0.15, 0.2) is 5.75 Å². The van der Waals surface area contributed by atoms with E-state index in [4.69, 9.17) is 9.47 Å². The lowest BCUT2D eigenvalue weighted by molar-refractivity contribution is -0.120. The molecule has 1 atom stereocenters. The predicted molar refractivity (Wildman–Crippen MR) is 165 cm³/mol. The molecular weight excluding hydrogens is 528 g/mol. The van der Waals surface area contributed by atoms with Gasteiger partial charge in [-0.05, 0) is 88.8 Å². The van der Waals surface area contributed by atoms with Crippen LogP contribution in [0.3, 0.4) is 0 Å². The summed E-state index contributed by atoms with van der Waals surface area (Å²) in [5.41, 5.74) is 2.22. The summed E-state index contributed by atoms with van der Waals surface area (Å²) < 4.78 is 12.5. The van der Waals surface area contributed by atoms with Crippen molar-refractivity contribution in [1.82, 2.24) is 15.1 Å². The Labute approximate surface area is 249 Å². The first-order valence-corrected chi connectivity index (χ1v) is 15.0. The van der Waals surface area contributed by atoms with Gasteiger partial charge in [-0.3, -0.25) is 14.5 Å². The van der Waals surface area contributed by atoms with Crippen LogP contribution in [0, 0.1) is 5.92 Å². The maximum absolute atomic E-state index is 13.6. The molecule has 2 amide bonds. The summed E-state index contributed by atoms with van der Waals surface area (Å²) in [5.74, 6) is 1.94. The Kier molecular flexibility index (Phi) is 9.77. The maximum atomic E-state index is 13.6. The zero-order valence-electron chi connectivity index (χ0n) is 24.8. The molecule has 42 heavy (non-hydrogen) atoms. The molecule has 0 aliphatic carbocycles. The summed E-state index contributed by atoms with van der Waals surface area (Å²) in [6.45, 7) is 7.74. The van der Waals surface area contributed by atoms with Crippen LogP contribution in [0.15, 0.2) is 72.8 Å². The Morgan fingerprint density at radius 3 is 2.43 bits per heavy atom. The van der Waals surface area contributed by atoms with Crippen molar-refractivity contribution in [2.24, 2.45) is 5.92 Å². The maximum Gasteiger partial charge on any atom is 0.257 e. The number of rotatable bonds is 9. The number of para-hydroxylation sites is 2. The minimum Gasteiger partial charge on any atom is -0.486 e. The van der Waals surface area contributed by atoms with Crippen LogP contribution in [0.1, 0.15) is 49.0 Å². The molecule has 8 heteroatoms. The molecule has 5 rings (SSSR count). The number of hydrogen-bond donors (Lipinski definition) is 2. The molecule has 0 spiro atoms. The Hall–Kier alpha value is -3.88. The third-order valence-electron chi connectivity index (χ3n) is 7.94. The number of carbonyl (C=O) groups excluding carboxylic acids is 2. The Morgan fingerprint density at radius 1 is 1.00 bits per heavy atom. The summed E-state index contributed by atoms with van der Waals surface area (Å²) in [7, 11) is 2.08. The second kappa shape index (κ2) is 13.9. The summed E-state index contributed by atoms with van der Waals surface area (Å²) >= 11 is 0. The predicted octanol–water partition coefficient (Wildman–Crippen LogP) is 5.55. The Morgan fingerprint density at radius 2 is 1.71 bits per heavy atom. The third kappa shape index (κ3) is 7.49. The fourth-order valence-corrected chi connectivity index (χ4v) is 5.65. The third-order valence-corrected chi connectivity index (χ3v) is 7.94. The number of carbonyl (C=O) groups is 2. The first-order valence-electron chi connectivity index (χ1n) is 15.0. The van der Waals surface area contributed by atoms with E-state index in [1.807, 2.05) is 73.3 Å². The number of anilines is 1. The van der Waals surface area contributed by atoms with Gasteiger partial charge in [0.1, 0.15) is 17.6 Å². The second-order valence-electron chi connectivity index (χ2n) is 11.6. The van der Waals surface area contributed by atoms with E-state index in [1.165, 1.54) is 0 Å². The average Bonchev–Trinajstić information content (AvgIpc) is 2.99. The molecule has 1 saturated heterocycles. The highest BCUT2D eigenvalue weighted by Gasteiger charge is 2.31. The van der Waals surface area contributed by atoms with E-state index in [-0.39, 0.29) is 29.9 Å². The minimum absolute atomic E-state index is 0.0166. The first kappa shape index (κ1) is 29.6. The van der Waals surface area contributed by atoms with Crippen LogP contribution in [-0.4, -0.2) is 67.0 Å². The van der Waals surface area contributed by atoms with Crippen molar-refractivity contribution in [1.29, 1.82) is 0 Å². The highest BCUT2D eigenvalue weighted by Crippen LogP contribution is 2.34. The number of nitrogens with one attached hydrogen (secondary N) is 2. The van der Waals surface area contributed by atoms with Gasteiger partial charge in [0.05, 0.1) is 11.3 Å². The summed E-state index contributed by atoms with van der Waals surface area (Å²) in [6.07, 6.45) is 2.12. The fraction of sp³-hybridized carbons (Fsp3) is 0.412.